The van der Waals surface area contributed by atoms with Crippen LogP contribution in [0, 0.1) is 0 Å². The van der Waals surface area contributed by atoms with Gasteiger partial charge in [0.05, 0.1) is 0 Å². The number of unbranched alkanes of at least 4 members (excludes halogenated alkanes) is 2. The van der Waals surface area contributed by atoms with Crippen LogP contribution < -0.4 is 0 Å². The quantitative estimate of drug-likeness (QED) is 0.511. The van der Waals surface area contributed by atoms with E-state index in [1.807, 2.05) is 22.7 Å². The molecule has 0 N–H and O–H groups in total. The molecule has 0 fully saturated rings. The molecule has 0 aliphatic carbocycles. The monoisotopic (exact) mass is 304 g/mol. The number of hydrogen-bond acceptors (Lipinski definition) is 2. The SMILES string of the molecule is CCCCc1ccsc1C=Cc1sccc1CCCC. The van der Waals surface area contributed by atoms with Gasteiger partial charge in [-0.1, -0.05) is 26.7 Å². The summed E-state index contributed by atoms with van der Waals surface area (Å²) < 4.78 is 0. The molecule has 0 saturated carbocycles. The summed E-state index contributed by atoms with van der Waals surface area (Å²) in [7, 11) is 0. The fourth-order valence-corrected chi connectivity index (χ4v) is 3.98. The van der Waals surface area contributed by atoms with Crippen molar-refractivity contribution in [2.24, 2.45) is 0 Å². The first-order valence-electron chi connectivity index (χ1n) is 7.66. The zero-order chi connectivity index (χ0) is 14.2. The van der Waals surface area contributed by atoms with E-state index in [9.17, 15) is 0 Å². The number of aryl methyl sites for hydroxylation is 2. The normalized spacial score (nSPS) is 11.5. The molecule has 0 unspecified atom stereocenters. The molecule has 0 aliphatic rings. The highest BCUT2D eigenvalue weighted by Crippen LogP contribution is 2.25. The second-order valence-corrected chi connectivity index (χ2v) is 7.06. The van der Waals surface area contributed by atoms with Crippen molar-refractivity contribution < 1.29 is 0 Å². The van der Waals surface area contributed by atoms with Crippen LogP contribution >= 0.6 is 22.7 Å². The van der Waals surface area contributed by atoms with E-state index < -0.39 is 0 Å². The maximum absolute atomic E-state index is 2.32. The van der Waals surface area contributed by atoms with Gasteiger partial charge in [-0.3, -0.25) is 0 Å². The summed E-state index contributed by atoms with van der Waals surface area (Å²) in [6, 6.07) is 4.57. The van der Waals surface area contributed by atoms with Gasteiger partial charge in [0.15, 0.2) is 0 Å². The Morgan fingerprint density at radius 1 is 0.800 bits per heavy atom. The van der Waals surface area contributed by atoms with Crippen molar-refractivity contribution in [1.29, 1.82) is 0 Å². The third-order valence-electron chi connectivity index (χ3n) is 3.55. The summed E-state index contributed by atoms with van der Waals surface area (Å²) in [4.78, 5) is 2.88. The summed E-state index contributed by atoms with van der Waals surface area (Å²) >= 11 is 3.73. The highest BCUT2D eigenvalue weighted by atomic mass is 32.1. The van der Waals surface area contributed by atoms with Crippen molar-refractivity contribution >= 4 is 34.8 Å². The molecular formula is C18H24S2. The molecule has 0 nitrogen and oxygen atoms in total. The number of thiophene rings is 2. The molecule has 0 amide bonds. The van der Waals surface area contributed by atoms with Gasteiger partial charge in [0, 0.05) is 9.75 Å². The molecule has 0 aromatic carbocycles. The minimum Gasteiger partial charge on any atom is -0.144 e. The molecule has 2 aromatic rings. The molecule has 0 saturated heterocycles. The van der Waals surface area contributed by atoms with E-state index in [0.717, 1.165) is 0 Å². The van der Waals surface area contributed by atoms with E-state index in [4.69, 9.17) is 0 Å². The molecule has 0 radical (unpaired) electrons. The Morgan fingerprint density at radius 3 is 1.65 bits per heavy atom. The highest BCUT2D eigenvalue weighted by Gasteiger charge is 2.03. The van der Waals surface area contributed by atoms with Crippen LogP contribution in [0.1, 0.15) is 60.4 Å². The maximum atomic E-state index is 2.32. The van der Waals surface area contributed by atoms with Gasteiger partial charge in [-0.25, -0.2) is 0 Å². The second-order valence-electron chi connectivity index (χ2n) is 5.16. The number of hydrogen-bond donors (Lipinski definition) is 0. The van der Waals surface area contributed by atoms with Gasteiger partial charge >= 0.3 is 0 Å². The summed E-state index contributed by atoms with van der Waals surface area (Å²) in [6.07, 6.45) is 12.2. The van der Waals surface area contributed by atoms with Crippen LogP contribution in [-0.4, -0.2) is 0 Å². The fraction of sp³-hybridized carbons (Fsp3) is 0.444. The Morgan fingerprint density at radius 2 is 1.25 bits per heavy atom. The molecule has 0 spiro atoms. The lowest BCUT2D eigenvalue weighted by atomic mass is 10.1. The average molecular weight is 305 g/mol. The minimum absolute atomic E-state index is 1.22. The lowest BCUT2D eigenvalue weighted by Gasteiger charge is -2.00. The van der Waals surface area contributed by atoms with Crippen LogP contribution in [-0.2, 0) is 12.8 Å². The summed E-state index contributed by atoms with van der Waals surface area (Å²) in [6.45, 7) is 4.51. The third kappa shape index (κ3) is 4.32. The summed E-state index contributed by atoms with van der Waals surface area (Å²) in [5.74, 6) is 0. The van der Waals surface area contributed by atoms with Crippen molar-refractivity contribution in [1.82, 2.24) is 0 Å². The van der Waals surface area contributed by atoms with Crippen molar-refractivity contribution in [3.05, 3.63) is 43.8 Å². The van der Waals surface area contributed by atoms with Crippen molar-refractivity contribution in [3.8, 4) is 0 Å². The molecule has 2 heteroatoms. The van der Waals surface area contributed by atoms with Gasteiger partial charge in [-0.15, -0.1) is 22.7 Å². The van der Waals surface area contributed by atoms with Gasteiger partial charge in [-0.2, -0.15) is 0 Å². The van der Waals surface area contributed by atoms with E-state index in [1.165, 1.54) is 59.4 Å². The predicted molar refractivity (Wildman–Crippen MR) is 94.8 cm³/mol. The van der Waals surface area contributed by atoms with Gasteiger partial charge in [0.25, 0.3) is 0 Å². The van der Waals surface area contributed by atoms with Crippen LogP contribution in [0.5, 0.6) is 0 Å². The van der Waals surface area contributed by atoms with E-state index in [2.05, 4.69) is 48.9 Å². The van der Waals surface area contributed by atoms with Crippen molar-refractivity contribution in [3.63, 3.8) is 0 Å². The molecule has 0 bridgehead atoms. The lowest BCUT2D eigenvalue weighted by Crippen LogP contribution is -1.84. The molecule has 108 valence electrons. The van der Waals surface area contributed by atoms with Crippen LogP contribution in [0.25, 0.3) is 12.2 Å². The lowest BCUT2D eigenvalue weighted by molar-refractivity contribution is 0.796. The summed E-state index contributed by atoms with van der Waals surface area (Å²) in [5, 5.41) is 4.44. The first kappa shape index (κ1) is 15.5. The van der Waals surface area contributed by atoms with E-state index in [1.54, 1.807) is 0 Å². The Kier molecular flexibility index (Phi) is 6.55. The van der Waals surface area contributed by atoms with Crippen LogP contribution in [0.3, 0.4) is 0 Å². The Bertz CT molecular complexity index is 483. The molecule has 20 heavy (non-hydrogen) atoms. The molecule has 0 atom stereocenters. The van der Waals surface area contributed by atoms with Crippen LogP contribution in [0.4, 0.5) is 0 Å². The van der Waals surface area contributed by atoms with Crippen LogP contribution in [0.2, 0.25) is 0 Å². The van der Waals surface area contributed by atoms with Crippen molar-refractivity contribution in [2.45, 2.75) is 52.4 Å². The Labute approximate surface area is 131 Å². The first-order valence-corrected chi connectivity index (χ1v) is 9.41. The molecule has 2 heterocycles. The number of rotatable bonds is 8. The molecule has 0 aliphatic heterocycles. The van der Waals surface area contributed by atoms with Gasteiger partial charge < -0.3 is 0 Å². The second kappa shape index (κ2) is 8.43. The molecular weight excluding hydrogens is 280 g/mol. The van der Waals surface area contributed by atoms with Gasteiger partial charge in [-0.05, 0) is 71.9 Å². The molecule has 2 aromatic heterocycles. The zero-order valence-electron chi connectivity index (χ0n) is 12.5. The standard InChI is InChI=1S/C18H24S2/c1-3-5-7-15-11-13-19-17(15)9-10-18-16(8-6-4-2)12-14-20-18/h9-14H,3-8H2,1-2H3. The van der Waals surface area contributed by atoms with E-state index in [0.29, 0.717) is 0 Å². The van der Waals surface area contributed by atoms with E-state index in [-0.39, 0.29) is 0 Å². The average Bonchev–Trinajstić information content (AvgIpc) is 3.09. The first-order chi connectivity index (χ1) is 9.85. The Hall–Kier alpha value is -0.860. The van der Waals surface area contributed by atoms with Gasteiger partial charge in [0.2, 0.25) is 0 Å². The summed E-state index contributed by atoms with van der Waals surface area (Å²) in [5.41, 5.74) is 3.03. The minimum atomic E-state index is 1.22. The predicted octanol–water partition coefficient (Wildman–Crippen LogP) is 6.67. The Balaban J connectivity index is 2.05. The smallest absolute Gasteiger partial charge is 0.0302 e. The fourth-order valence-electron chi connectivity index (χ4n) is 2.29. The maximum Gasteiger partial charge on any atom is 0.0302 e. The molecule has 2 rings (SSSR count). The highest BCUT2D eigenvalue weighted by molar-refractivity contribution is 7.12. The van der Waals surface area contributed by atoms with E-state index >= 15 is 0 Å². The topological polar surface area (TPSA) is 0 Å². The van der Waals surface area contributed by atoms with Crippen LogP contribution in [0.15, 0.2) is 22.9 Å². The largest absolute Gasteiger partial charge is 0.144 e. The zero-order valence-corrected chi connectivity index (χ0v) is 14.2. The van der Waals surface area contributed by atoms with Gasteiger partial charge in [0.1, 0.15) is 0 Å². The van der Waals surface area contributed by atoms with Crippen molar-refractivity contribution in [2.75, 3.05) is 0 Å². The third-order valence-corrected chi connectivity index (χ3v) is 5.40.